The van der Waals surface area contributed by atoms with Crippen LogP contribution in [-0.4, -0.2) is 71.2 Å². The van der Waals surface area contributed by atoms with Gasteiger partial charge >= 0.3 is 0 Å². The number of likely N-dealkylation sites (tertiary alicyclic amines) is 1. The number of hydrogen-bond acceptors (Lipinski definition) is 7. The van der Waals surface area contributed by atoms with Gasteiger partial charge in [0.1, 0.15) is 40.7 Å². The van der Waals surface area contributed by atoms with Crippen LogP contribution in [0.2, 0.25) is 5.15 Å². The summed E-state index contributed by atoms with van der Waals surface area (Å²) in [6, 6.07) is 34.4. The number of fused-ring (bicyclic) bond motifs is 1. The third-order valence-electron chi connectivity index (χ3n) is 9.91. The van der Waals surface area contributed by atoms with Crippen molar-refractivity contribution in [1.82, 2.24) is 14.8 Å². The topological polar surface area (TPSA) is 134 Å². The maximum absolute atomic E-state index is 13.7. The van der Waals surface area contributed by atoms with E-state index in [-0.39, 0.29) is 41.5 Å². The number of aromatic nitrogens is 1. The Kier molecular flexibility index (Phi) is 12.0. The SMILES string of the molecule is CCCN(CC(=O)Nc1ccc(-c2ccc(-c3ccc(NC(=O)[C@@H]4CCCN4C(=O)Cc4ccccc4)cc3)o2)cc1)C(=O)c1nc(Cl)cc2c(OC)cccc12. The second-order valence-electron chi connectivity index (χ2n) is 13.8. The summed E-state index contributed by atoms with van der Waals surface area (Å²) in [5.74, 6) is 0.851. The number of ether oxygens (including phenoxy) is 1. The first kappa shape index (κ1) is 38.8. The van der Waals surface area contributed by atoms with Crippen molar-refractivity contribution in [3.05, 3.63) is 132 Å². The van der Waals surface area contributed by atoms with Crippen molar-refractivity contribution in [2.24, 2.45) is 0 Å². The van der Waals surface area contributed by atoms with Crippen molar-refractivity contribution in [3.63, 3.8) is 0 Å². The maximum atomic E-state index is 13.7. The molecule has 1 saturated heterocycles. The first-order chi connectivity index (χ1) is 27.7. The highest BCUT2D eigenvalue weighted by molar-refractivity contribution is 6.30. The molecule has 290 valence electrons. The van der Waals surface area contributed by atoms with Crippen molar-refractivity contribution in [2.45, 2.75) is 38.6 Å². The summed E-state index contributed by atoms with van der Waals surface area (Å²) in [4.78, 5) is 60.7. The molecule has 12 heteroatoms. The summed E-state index contributed by atoms with van der Waals surface area (Å²) < 4.78 is 11.6. The molecular formula is C45H42ClN5O6. The normalized spacial score (nSPS) is 13.7. The molecule has 1 atom stereocenters. The fraction of sp³-hybridized carbons (Fsp3) is 0.222. The summed E-state index contributed by atoms with van der Waals surface area (Å²) >= 11 is 6.30. The van der Waals surface area contributed by atoms with E-state index in [0.717, 1.165) is 23.1 Å². The molecule has 0 radical (unpaired) electrons. The summed E-state index contributed by atoms with van der Waals surface area (Å²) in [6.07, 6.45) is 2.32. The summed E-state index contributed by atoms with van der Waals surface area (Å²) in [7, 11) is 1.55. The van der Waals surface area contributed by atoms with Gasteiger partial charge < -0.3 is 29.6 Å². The van der Waals surface area contributed by atoms with Gasteiger partial charge in [-0.3, -0.25) is 19.2 Å². The van der Waals surface area contributed by atoms with Gasteiger partial charge in [-0.2, -0.15) is 0 Å². The number of nitrogens with zero attached hydrogens (tertiary/aromatic N) is 3. The number of nitrogens with one attached hydrogen (secondary N) is 2. The number of carbonyl (C=O) groups excluding carboxylic acids is 4. The Labute approximate surface area is 335 Å². The Hall–Kier alpha value is -6.46. The van der Waals surface area contributed by atoms with Crippen molar-refractivity contribution >= 4 is 57.4 Å². The number of hydrogen-bond donors (Lipinski definition) is 2. The zero-order valence-electron chi connectivity index (χ0n) is 31.7. The second-order valence-corrected chi connectivity index (χ2v) is 14.2. The van der Waals surface area contributed by atoms with Crippen LogP contribution in [0.4, 0.5) is 11.4 Å². The van der Waals surface area contributed by atoms with Gasteiger partial charge in [0.2, 0.25) is 17.7 Å². The Morgan fingerprint density at radius 3 is 2.16 bits per heavy atom. The molecule has 2 N–H and O–H groups in total. The van der Waals surface area contributed by atoms with Gasteiger partial charge in [-0.05, 0) is 97.6 Å². The van der Waals surface area contributed by atoms with E-state index in [1.807, 2.05) is 85.8 Å². The maximum Gasteiger partial charge on any atom is 0.273 e. The lowest BCUT2D eigenvalue weighted by Gasteiger charge is -2.24. The lowest BCUT2D eigenvalue weighted by Crippen LogP contribution is -2.43. The quantitative estimate of drug-likeness (QED) is 0.112. The van der Waals surface area contributed by atoms with Gasteiger partial charge in [0, 0.05) is 46.4 Å². The molecule has 11 nitrogen and oxygen atoms in total. The van der Waals surface area contributed by atoms with E-state index in [4.69, 9.17) is 20.8 Å². The predicted molar refractivity (Wildman–Crippen MR) is 221 cm³/mol. The highest BCUT2D eigenvalue weighted by Crippen LogP contribution is 2.32. The minimum atomic E-state index is -0.503. The van der Waals surface area contributed by atoms with E-state index < -0.39 is 11.9 Å². The van der Waals surface area contributed by atoms with Gasteiger partial charge in [0.15, 0.2) is 0 Å². The number of benzene rings is 4. The van der Waals surface area contributed by atoms with E-state index in [1.54, 1.807) is 48.4 Å². The van der Waals surface area contributed by atoms with Crippen molar-refractivity contribution in [1.29, 1.82) is 0 Å². The molecule has 0 aliphatic carbocycles. The fourth-order valence-electron chi connectivity index (χ4n) is 7.12. The third-order valence-corrected chi connectivity index (χ3v) is 10.1. The second kappa shape index (κ2) is 17.6. The Morgan fingerprint density at radius 1 is 0.842 bits per heavy atom. The zero-order valence-corrected chi connectivity index (χ0v) is 32.4. The van der Waals surface area contributed by atoms with E-state index in [9.17, 15) is 19.2 Å². The number of amides is 4. The molecular weight excluding hydrogens is 742 g/mol. The minimum absolute atomic E-state index is 0.0475. The van der Waals surface area contributed by atoms with Gasteiger partial charge in [-0.1, -0.05) is 61.0 Å². The average Bonchev–Trinajstić information content (AvgIpc) is 3.93. The smallest absolute Gasteiger partial charge is 0.273 e. The molecule has 1 aliphatic rings. The molecule has 0 spiro atoms. The highest BCUT2D eigenvalue weighted by atomic mass is 35.5. The molecule has 0 saturated carbocycles. The average molecular weight is 784 g/mol. The Morgan fingerprint density at radius 2 is 1.51 bits per heavy atom. The Balaban J connectivity index is 0.948. The number of furan rings is 1. The van der Waals surface area contributed by atoms with E-state index in [1.165, 1.54) is 4.90 Å². The molecule has 4 aromatic carbocycles. The molecule has 1 fully saturated rings. The van der Waals surface area contributed by atoms with Gasteiger partial charge in [0.25, 0.3) is 5.91 Å². The predicted octanol–water partition coefficient (Wildman–Crippen LogP) is 8.49. The minimum Gasteiger partial charge on any atom is -0.496 e. The lowest BCUT2D eigenvalue weighted by atomic mass is 10.1. The summed E-state index contributed by atoms with van der Waals surface area (Å²) in [6.45, 7) is 2.67. The van der Waals surface area contributed by atoms with Gasteiger partial charge in [0.05, 0.1) is 13.5 Å². The Bertz CT molecular complexity index is 2400. The number of pyridine rings is 1. The number of methoxy groups -OCH3 is 1. The van der Waals surface area contributed by atoms with Crippen LogP contribution in [-0.2, 0) is 20.8 Å². The van der Waals surface area contributed by atoms with E-state index in [2.05, 4.69) is 15.6 Å². The van der Waals surface area contributed by atoms with Crippen LogP contribution in [0.15, 0.2) is 120 Å². The molecule has 6 aromatic rings. The first-order valence-electron chi connectivity index (χ1n) is 18.9. The van der Waals surface area contributed by atoms with Crippen molar-refractivity contribution in [2.75, 3.05) is 37.4 Å². The molecule has 0 unspecified atom stereocenters. The number of rotatable bonds is 13. The highest BCUT2D eigenvalue weighted by Gasteiger charge is 2.34. The monoisotopic (exact) mass is 783 g/mol. The van der Waals surface area contributed by atoms with Crippen LogP contribution >= 0.6 is 11.6 Å². The molecule has 1 aliphatic heterocycles. The summed E-state index contributed by atoms with van der Waals surface area (Å²) in [5, 5.41) is 7.27. The van der Waals surface area contributed by atoms with Crippen LogP contribution in [0.1, 0.15) is 42.2 Å². The van der Waals surface area contributed by atoms with Crippen LogP contribution in [0.5, 0.6) is 5.75 Å². The molecule has 4 amide bonds. The lowest BCUT2D eigenvalue weighted by molar-refractivity contribution is -0.136. The molecule has 57 heavy (non-hydrogen) atoms. The van der Waals surface area contributed by atoms with Crippen LogP contribution in [0, 0.1) is 0 Å². The molecule has 3 heterocycles. The van der Waals surface area contributed by atoms with Crippen LogP contribution in [0.3, 0.4) is 0 Å². The molecule has 7 rings (SSSR count). The van der Waals surface area contributed by atoms with E-state index in [0.29, 0.717) is 65.3 Å². The molecule has 0 bridgehead atoms. The first-order valence-corrected chi connectivity index (χ1v) is 19.3. The van der Waals surface area contributed by atoms with Crippen molar-refractivity contribution < 1.29 is 28.3 Å². The van der Waals surface area contributed by atoms with Crippen LogP contribution < -0.4 is 15.4 Å². The summed E-state index contributed by atoms with van der Waals surface area (Å²) in [5.41, 5.74) is 3.92. The third kappa shape index (κ3) is 9.00. The van der Waals surface area contributed by atoms with Crippen LogP contribution in [0.25, 0.3) is 33.4 Å². The van der Waals surface area contributed by atoms with Gasteiger partial charge in [-0.15, -0.1) is 0 Å². The number of anilines is 2. The number of halogens is 1. The van der Waals surface area contributed by atoms with Crippen molar-refractivity contribution in [3.8, 4) is 28.4 Å². The molecule has 2 aromatic heterocycles. The number of carbonyl (C=O) groups is 4. The largest absolute Gasteiger partial charge is 0.496 e. The van der Waals surface area contributed by atoms with Gasteiger partial charge in [-0.25, -0.2) is 4.98 Å². The standard InChI is InChI=1S/C45H42ClN5O6/c1-3-24-50(45(55)43-34-11-7-13-39(56-2)35(34)27-40(46)49-43)28-41(52)47-32-18-14-30(15-19-32)37-22-23-38(57-37)31-16-20-33(21-17-31)48-44(54)36-12-8-25-51(36)42(53)26-29-9-5-4-6-10-29/h4-7,9-11,13-23,27,36H,3,8,12,24-26,28H2,1-2H3,(H,47,52)(H,48,54)/t36-/m0/s1. The van der Waals surface area contributed by atoms with E-state index >= 15 is 0 Å². The fourth-order valence-corrected chi connectivity index (χ4v) is 7.32. The zero-order chi connectivity index (χ0) is 39.9.